The molecule has 0 aromatic carbocycles. The molecule has 0 aliphatic rings. The fraction of sp³-hybridized carbons (Fsp3) is 0.286. The van der Waals surface area contributed by atoms with Crippen LogP contribution < -0.4 is 0 Å². The topological polar surface area (TPSA) is 68.1 Å². The first kappa shape index (κ1) is 14.1. The van der Waals surface area contributed by atoms with E-state index < -0.39 is 0 Å². The van der Waals surface area contributed by atoms with E-state index in [0.717, 1.165) is 24.0 Å². The summed E-state index contributed by atoms with van der Waals surface area (Å²) in [4.78, 5) is 27.4. The van der Waals surface area contributed by atoms with Crippen LogP contribution in [0, 0.1) is 0 Å². The summed E-state index contributed by atoms with van der Waals surface area (Å²) in [5.41, 5.74) is 2.10. The van der Waals surface area contributed by atoms with E-state index in [4.69, 9.17) is 0 Å². The molecule has 6 nitrogen and oxygen atoms in total. The van der Waals surface area contributed by atoms with Crippen LogP contribution in [-0.4, -0.2) is 52.4 Å². The number of aromatic nitrogens is 3. The molecule has 0 saturated heterocycles. The third-order valence-electron chi connectivity index (χ3n) is 2.98. The third-order valence-corrected chi connectivity index (χ3v) is 2.98. The van der Waals surface area contributed by atoms with Crippen molar-refractivity contribution in [3.63, 3.8) is 0 Å². The van der Waals surface area contributed by atoms with E-state index in [9.17, 15) is 9.59 Å². The number of nitrogens with zero attached hydrogens (tertiary/aromatic N) is 4. The molecule has 0 radical (unpaired) electrons. The second-order valence-corrected chi connectivity index (χ2v) is 4.48. The Bertz CT molecular complexity index is 580. The molecular formula is C14H16N4O2. The van der Waals surface area contributed by atoms with E-state index in [1.165, 1.54) is 0 Å². The predicted molar refractivity (Wildman–Crippen MR) is 74.0 cm³/mol. The minimum absolute atomic E-state index is 0.375. The molecule has 0 saturated carbocycles. The van der Waals surface area contributed by atoms with Gasteiger partial charge in [0.1, 0.15) is 6.29 Å². The van der Waals surface area contributed by atoms with Gasteiger partial charge in [-0.15, -0.1) is 0 Å². The van der Waals surface area contributed by atoms with Crippen LogP contribution in [0.2, 0.25) is 0 Å². The van der Waals surface area contributed by atoms with Crippen LogP contribution in [0.1, 0.15) is 16.1 Å². The van der Waals surface area contributed by atoms with E-state index in [0.29, 0.717) is 25.1 Å². The maximum absolute atomic E-state index is 11.1. The third kappa shape index (κ3) is 3.36. The van der Waals surface area contributed by atoms with Crippen molar-refractivity contribution >= 4 is 12.6 Å². The molecule has 0 aliphatic carbocycles. The SMILES string of the molecule is CN(CC=O)CCc1nn(-c2cccnc2)cc1C=O. The van der Waals surface area contributed by atoms with Gasteiger partial charge in [0.25, 0.3) is 0 Å². The first-order valence-electron chi connectivity index (χ1n) is 6.31. The Hall–Kier alpha value is -2.34. The Balaban J connectivity index is 2.15. The van der Waals surface area contributed by atoms with Crippen molar-refractivity contribution < 1.29 is 9.59 Å². The standard InChI is InChI=1S/C14H16N4O2/c1-17(7-8-19)6-4-14-12(11-20)10-18(16-14)13-3-2-5-15-9-13/h2-3,5,8-11H,4,6-7H2,1H3. The molecule has 2 aromatic rings. The van der Waals surface area contributed by atoms with Gasteiger partial charge in [0.2, 0.25) is 0 Å². The van der Waals surface area contributed by atoms with E-state index >= 15 is 0 Å². The van der Waals surface area contributed by atoms with Gasteiger partial charge in [-0.2, -0.15) is 5.10 Å². The van der Waals surface area contributed by atoms with Crippen LogP contribution in [0.3, 0.4) is 0 Å². The van der Waals surface area contributed by atoms with Crippen LogP contribution in [0.25, 0.3) is 5.69 Å². The maximum atomic E-state index is 11.1. The Morgan fingerprint density at radius 2 is 2.25 bits per heavy atom. The van der Waals surface area contributed by atoms with Gasteiger partial charge in [-0.25, -0.2) is 4.68 Å². The van der Waals surface area contributed by atoms with Crippen molar-refractivity contribution in [2.75, 3.05) is 20.1 Å². The van der Waals surface area contributed by atoms with E-state index in [1.54, 1.807) is 23.3 Å². The molecule has 0 aliphatic heterocycles. The number of hydrogen-bond acceptors (Lipinski definition) is 5. The quantitative estimate of drug-likeness (QED) is 0.696. The number of carbonyl (C=O) groups is 2. The zero-order valence-electron chi connectivity index (χ0n) is 11.3. The molecule has 2 heterocycles. The van der Waals surface area contributed by atoms with Crippen LogP contribution >= 0.6 is 0 Å². The first-order valence-corrected chi connectivity index (χ1v) is 6.31. The fourth-order valence-corrected chi connectivity index (χ4v) is 1.85. The van der Waals surface area contributed by atoms with Gasteiger partial charge < -0.3 is 4.79 Å². The Morgan fingerprint density at radius 3 is 2.90 bits per heavy atom. The second-order valence-electron chi connectivity index (χ2n) is 4.48. The molecule has 2 aromatic heterocycles. The number of likely N-dealkylation sites (N-methyl/N-ethyl adjacent to an activating group) is 1. The molecule has 0 spiro atoms. The molecule has 104 valence electrons. The lowest BCUT2D eigenvalue weighted by molar-refractivity contribution is -0.108. The van der Waals surface area contributed by atoms with Crippen LogP contribution in [-0.2, 0) is 11.2 Å². The molecule has 0 unspecified atom stereocenters. The number of aldehydes is 2. The maximum Gasteiger partial charge on any atom is 0.153 e. The van der Waals surface area contributed by atoms with Crippen molar-refractivity contribution in [1.29, 1.82) is 0 Å². The average Bonchev–Trinajstić information content (AvgIpc) is 2.90. The molecular weight excluding hydrogens is 256 g/mol. The normalized spacial score (nSPS) is 10.7. The molecule has 0 N–H and O–H groups in total. The van der Waals surface area contributed by atoms with Gasteiger partial charge in [0, 0.05) is 25.4 Å². The molecule has 6 heteroatoms. The molecule has 0 fully saturated rings. The Morgan fingerprint density at radius 1 is 1.40 bits per heavy atom. The van der Waals surface area contributed by atoms with Gasteiger partial charge in [0.05, 0.1) is 29.7 Å². The van der Waals surface area contributed by atoms with Crippen molar-refractivity contribution in [3.8, 4) is 5.69 Å². The van der Waals surface area contributed by atoms with E-state index in [1.807, 2.05) is 24.1 Å². The summed E-state index contributed by atoms with van der Waals surface area (Å²) in [7, 11) is 1.85. The van der Waals surface area contributed by atoms with Crippen molar-refractivity contribution in [3.05, 3.63) is 42.0 Å². The smallest absolute Gasteiger partial charge is 0.153 e. The van der Waals surface area contributed by atoms with Crippen LogP contribution in [0.5, 0.6) is 0 Å². The summed E-state index contributed by atoms with van der Waals surface area (Å²) in [6.07, 6.45) is 7.33. The lowest BCUT2D eigenvalue weighted by Gasteiger charge is -2.11. The molecule has 0 bridgehead atoms. The highest BCUT2D eigenvalue weighted by atomic mass is 16.1. The monoisotopic (exact) mass is 272 g/mol. The van der Waals surface area contributed by atoms with Crippen LogP contribution in [0.15, 0.2) is 30.7 Å². The van der Waals surface area contributed by atoms with E-state index in [2.05, 4.69) is 10.1 Å². The molecule has 20 heavy (non-hydrogen) atoms. The Kier molecular flexibility index (Phi) is 4.73. The van der Waals surface area contributed by atoms with Crippen molar-refractivity contribution in [1.82, 2.24) is 19.7 Å². The highest BCUT2D eigenvalue weighted by Gasteiger charge is 2.10. The largest absolute Gasteiger partial charge is 0.302 e. The van der Waals surface area contributed by atoms with Gasteiger partial charge in [-0.3, -0.25) is 14.7 Å². The summed E-state index contributed by atoms with van der Waals surface area (Å²) in [6, 6.07) is 3.69. The highest BCUT2D eigenvalue weighted by molar-refractivity contribution is 5.76. The minimum Gasteiger partial charge on any atom is -0.302 e. The summed E-state index contributed by atoms with van der Waals surface area (Å²) in [5.74, 6) is 0. The van der Waals surface area contributed by atoms with Crippen molar-refractivity contribution in [2.24, 2.45) is 0 Å². The lowest BCUT2D eigenvalue weighted by Crippen LogP contribution is -2.23. The first-order chi connectivity index (χ1) is 9.74. The summed E-state index contributed by atoms with van der Waals surface area (Å²) in [6.45, 7) is 1.05. The highest BCUT2D eigenvalue weighted by Crippen LogP contribution is 2.11. The number of carbonyl (C=O) groups excluding carboxylic acids is 2. The predicted octanol–water partition coefficient (Wildman–Crippen LogP) is 0.753. The number of hydrogen-bond donors (Lipinski definition) is 0. The van der Waals surface area contributed by atoms with Gasteiger partial charge >= 0.3 is 0 Å². The van der Waals surface area contributed by atoms with Gasteiger partial charge in [-0.05, 0) is 19.2 Å². The second kappa shape index (κ2) is 6.72. The zero-order chi connectivity index (χ0) is 14.4. The summed E-state index contributed by atoms with van der Waals surface area (Å²) in [5, 5.41) is 4.41. The lowest BCUT2D eigenvalue weighted by atomic mass is 10.2. The zero-order valence-corrected chi connectivity index (χ0v) is 11.3. The summed E-state index contributed by atoms with van der Waals surface area (Å²) >= 11 is 0. The van der Waals surface area contributed by atoms with Gasteiger partial charge in [-0.1, -0.05) is 0 Å². The minimum atomic E-state index is 0.375. The molecule has 0 amide bonds. The molecule has 2 rings (SSSR count). The number of pyridine rings is 1. The van der Waals surface area contributed by atoms with Crippen molar-refractivity contribution in [2.45, 2.75) is 6.42 Å². The van der Waals surface area contributed by atoms with Crippen LogP contribution in [0.4, 0.5) is 0 Å². The number of rotatable bonds is 7. The fourth-order valence-electron chi connectivity index (χ4n) is 1.85. The Labute approximate surface area is 117 Å². The molecule has 0 atom stereocenters. The van der Waals surface area contributed by atoms with E-state index in [-0.39, 0.29) is 0 Å². The van der Waals surface area contributed by atoms with Gasteiger partial charge in [0.15, 0.2) is 6.29 Å². The summed E-state index contributed by atoms with van der Waals surface area (Å²) < 4.78 is 1.64. The average molecular weight is 272 g/mol.